The van der Waals surface area contributed by atoms with Crippen LogP contribution in [0.4, 0.5) is 17.6 Å². The molecule has 0 aliphatic heterocycles. The monoisotopic (exact) mass is 447 g/mol. The van der Waals surface area contributed by atoms with Gasteiger partial charge in [0.25, 0.3) is 5.91 Å². The number of benzene rings is 1. The molecule has 0 spiro atoms. The molecule has 0 bridgehead atoms. The first-order valence-corrected chi connectivity index (χ1v) is 9.81. The second-order valence-corrected chi connectivity index (χ2v) is 8.13. The van der Waals surface area contributed by atoms with E-state index in [4.69, 9.17) is 15.6 Å². The maximum atomic E-state index is 13.1. The van der Waals surface area contributed by atoms with Gasteiger partial charge in [0.1, 0.15) is 16.5 Å². The Kier molecular flexibility index (Phi) is 7.54. The smallest absolute Gasteiger partial charge is 0.475 e. The third-order valence-corrected chi connectivity index (χ3v) is 5.82. The molecule has 30 heavy (non-hydrogen) atoms. The molecule has 1 saturated carbocycles. The lowest BCUT2D eigenvalue weighted by molar-refractivity contribution is -0.192. The summed E-state index contributed by atoms with van der Waals surface area (Å²) in [5.41, 5.74) is 7.05. The van der Waals surface area contributed by atoms with Crippen LogP contribution in [0.2, 0.25) is 0 Å². The maximum absolute atomic E-state index is 13.1. The van der Waals surface area contributed by atoms with Crippen molar-refractivity contribution in [3.8, 4) is 0 Å². The number of aliphatic carboxylic acids is 1. The number of nitrogens with two attached hydrogens (primary N) is 1. The summed E-state index contributed by atoms with van der Waals surface area (Å²) in [6.45, 7) is 2.77. The fraction of sp³-hybridized carbons (Fsp3) is 0.421. The van der Waals surface area contributed by atoms with Crippen LogP contribution in [0, 0.1) is 12.7 Å². The number of hydrogen-bond donors (Lipinski definition) is 3. The van der Waals surface area contributed by atoms with Crippen molar-refractivity contribution < 1.29 is 32.3 Å². The zero-order chi connectivity index (χ0) is 22.5. The minimum absolute atomic E-state index is 0.0794. The zero-order valence-electron chi connectivity index (χ0n) is 16.1. The number of thiazole rings is 1. The number of nitrogens with one attached hydrogen (secondary N) is 1. The summed E-state index contributed by atoms with van der Waals surface area (Å²) in [6, 6.07) is 6.60. The van der Waals surface area contributed by atoms with Crippen molar-refractivity contribution in [2.75, 3.05) is 6.54 Å². The van der Waals surface area contributed by atoms with Crippen LogP contribution in [0.3, 0.4) is 0 Å². The fourth-order valence-corrected chi connectivity index (χ4v) is 3.87. The maximum Gasteiger partial charge on any atom is 0.490 e. The minimum atomic E-state index is -5.08. The second-order valence-electron chi connectivity index (χ2n) is 6.84. The second kappa shape index (κ2) is 9.52. The van der Waals surface area contributed by atoms with Gasteiger partial charge < -0.3 is 16.2 Å². The summed E-state index contributed by atoms with van der Waals surface area (Å²) < 4.78 is 44.9. The van der Waals surface area contributed by atoms with E-state index in [0.29, 0.717) is 18.8 Å². The third-order valence-electron chi connectivity index (χ3n) is 4.83. The van der Waals surface area contributed by atoms with E-state index in [1.54, 1.807) is 0 Å². The molecule has 0 unspecified atom stereocenters. The van der Waals surface area contributed by atoms with Crippen molar-refractivity contribution >= 4 is 23.2 Å². The van der Waals surface area contributed by atoms with E-state index in [9.17, 15) is 22.4 Å². The number of carbonyl (C=O) groups is 2. The van der Waals surface area contributed by atoms with Gasteiger partial charge in [0, 0.05) is 23.4 Å². The van der Waals surface area contributed by atoms with Crippen molar-refractivity contribution in [3.63, 3.8) is 0 Å². The molecule has 2 aromatic rings. The van der Waals surface area contributed by atoms with E-state index >= 15 is 0 Å². The Bertz CT molecular complexity index is 893. The van der Waals surface area contributed by atoms with Gasteiger partial charge in [-0.25, -0.2) is 14.2 Å². The van der Waals surface area contributed by atoms with Gasteiger partial charge in [-0.15, -0.1) is 11.3 Å². The van der Waals surface area contributed by atoms with E-state index in [1.807, 2.05) is 19.1 Å². The number of hydrogen-bond acceptors (Lipinski definition) is 5. The van der Waals surface area contributed by atoms with Crippen LogP contribution in [0.5, 0.6) is 0 Å². The highest BCUT2D eigenvalue weighted by molar-refractivity contribution is 7.11. The Balaban J connectivity index is 0.000000396. The lowest BCUT2D eigenvalue weighted by Gasteiger charge is -2.42. The van der Waals surface area contributed by atoms with Crippen molar-refractivity contribution in [3.05, 3.63) is 51.2 Å². The van der Waals surface area contributed by atoms with Gasteiger partial charge >= 0.3 is 12.1 Å². The molecule has 0 saturated heterocycles. The number of nitrogens with zero attached hydrogens (tertiary/aromatic N) is 1. The number of aromatic nitrogens is 1. The number of carbonyl (C=O) groups excluding carboxylic acids is 1. The molecule has 1 fully saturated rings. The van der Waals surface area contributed by atoms with Crippen molar-refractivity contribution in [1.82, 2.24) is 10.3 Å². The lowest BCUT2D eigenvalue weighted by atomic mass is 9.64. The normalized spacial score (nSPS) is 14.9. The summed E-state index contributed by atoms with van der Waals surface area (Å²) >= 11 is 1.46. The van der Waals surface area contributed by atoms with Gasteiger partial charge in [0.15, 0.2) is 0 Å². The average Bonchev–Trinajstić information content (AvgIpc) is 3.02. The van der Waals surface area contributed by atoms with Crippen LogP contribution in [0.25, 0.3) is 0 Å². The van der Waals surface area contributed by atoms with Gasteiger partial charge in [-0.3, -0.25) is 4.79 Å². The number of carboxylic acid groups (broad SMARTS) is 1. The molecule has 1 aromatic heterocycles. The highest BCUT2D eigenvalue weighted by Crippen LogP contribution is 2.43. The average molecular weight is 447 g/mol. The first-order chi connectivity index (χ1) is 14.0. The topological polar surface area (TPSA) is 105 Å². The van der Waals surface area contributed by atoms with Crippen molar-refractivity contribution in [1.29, 1.82) is 0 Å². The van der Waals surface area contributed by atoms with Crippen LogP contribution in [0.1, 0.15) is 45.2 Å². The molecule has 6 nitrogen and oxygen atoms in total. The van der Waals surface area contributed by atoms with Gasteiger partial charge in [0.05, 0.1) is 0 Å². The quantitative estimate of drug-likeness (QED) is 0.608. The van der Waals surface area contributed by atoms with Gasteiger partial charge in [-0.1, -0.05) is 18.6 Å². The molecule has 4 N–H and O–H groups in total. The number of halogens is 4. The van der Waals surface area contributed by atoms with Crippen LogP contribution < -0.4 is 11.1 Å². The summed E-state index contributed by atoms with van der Waals surface area (Å²) in [6.07, 6.45) is -1.95. The summed E-state index contributed by atoms with van der Waals surface area (Å²) in [5.74, 6) is -3.15. The molecule has 1 aliphatic carbocycles. The molecule has 0 radical (unpaired) electrons. The van der Waals surface area contributed by atoms with Crippen LogP contribution in [-0.2, 0) is 16.8 Å². The molecule has 1 aliphatic rings. The molecule has 11 heteroatoms. The summed E-state index contributed by atoms with van der Waals surface area (Å²) in [4.78, 5) is 26.5. The Morgan fingerprint density at radius 3 is 2.23 bits per heavy atom. The molecule has 1 aromatic carbocycles. The summed E-state index contributed by atoms with van der Waals surface area (Å²) in [7, 11) is 0. The molecular weight excluding hydrogens is 426 g/mol. The Labute approximate surface area is 174 Å². The number of alkyl halides is 3. The largest absolute Gasteiger partial charge is 0.490 e. The SMILES string of the molecule is Cc1sc(CN)nc1C(=O)NCC1(c2ccc(F)cc2)CCC1.O=C(O)C(F)(F)F. The van der Waals surface area contributed by atoms with Crippen LogP contribution in [0.15, 0.2) is 24.3 Å². The van der Waals surface area contributed by atoms with Crippen molar-refractivity contribution in [2.45, 2.75) is 44.3 Å². The Morgan fingerprint density at radius 1 is 1.27 bits per heavy atom. The van der Waals surface area contributed by atoms with Gasteiger partial charge in [-0.05, 0) is 37.5 Å². The first kappa shape index (κ1) is 23.7. The Hall–Kier alpha value is -2.53. The van der Waals surface area contributed by atoms with E-state index in [2.05, 4.69) is 10.3 Å². The fourth-order valence-electron chi connectivity index (χ4n) is 3.06. The summed E-state index contributed by atoms with van der Waals surface area (Å²) in [5, 5.41) is 10.9. The lowest BCUT2D eigenvalue weighted by Crippen LogP contribution is -2.45. The first-order valence-electron chi connectivity index (χ1n) is 8.99. The Morgan fingerprint density at radius 2 is 1.83 bits per heavy atom. The highest BCUT2D eigenvalue weighted by atomic mass is 32.1. The number of rotatable bonds is 5. The molecule has 164 valence electrons. The van der Waals surface area contributed by atoms with Crippen LogP contribution in [-0.4, -0.2) is 34.7 Å². The van der Waals surface area contributed by atoms with E-state index in [-0.39, 0.29) is 17.1 Å². The highest BCUT2D eigenvalue weighted by Gasteiger charge is 2.39. The van der Waals surface area contributed by atoms with Gasteiger partial charge in [0.2, 0.25) is 0 Å². The molecule has 3 rings (SSSR count). The van der Waals surface area contributed by atoms with Crippen LogP contribution >= 0.6 is 11.3 Å². The van der Waals surface area contributed by atoms with Crippen molar-refractivity contribution in [2.24, 2.45) is 5.73 Å². The molecule has 1 heterocycles. The minimum Gasteiger partial charge on any atom is -0.475 e. The predicted molar refractivity (Wildman–Crippen MR) is 103 cm³/mol. The molecule has 1 amide bonds. The third kappa shape index (κ3) is 5.76. The predicted octanol–water partition coefficient (Wildman–Crippen LogP) is 3.53. The number of amides is 1. The molecule has 0 atom stereocenters. The molecular formula is C19H21F4N3O3S. The standard InChI is InChI=1S/C17H20FN3OS.C2HF3O2/c1-11-15(21-14(9-19)23-11)16(22)20-10-17(7-2-8-17)12-3-5-13(18)6-4-12;3-2(4,5)1(6)7/h3-6H,2,7-10,19H2,1H3,(H,20,22);(H,6,7). The van der Waals surface area contributed by atoms with E-state index in [1.165, 1.54) is 23.5 Å². The zero-order valence-corrected chi connectivity index (χ0v) is 16.9. The van der Waals surface area contributed by atoms with E-state index < -0.39 is 12.1 Å². The van der Waals surface area contributed by atoms with Gasteiger partial charge in [-0.2, -0.15) is 13.2 Å². The number of carboxylic acids is 1. The van der Waals surface area contributed by atoms with E-state index in [0.717, 1.165) is 34.7 Å². The number of aryl methyl sites for hydroxylation is 1.